The van der Waals surface area contributed by atoms with Crippen LogP contribution in [0.5, 0.6) is 5.75 Å². The Morgan fingerprint density at radius 2 is 2.27 bits per heavy atom. The highest BCUT2D eigenvalue weighted by atomic mass is 32.2. The zero-order chi connectivity index (χ0) is 11.3. The van der Waals surface area contributed by atoms with Gasteiger partial charge in [0.05, 0.1) is 7.11 Å². The number of aliphatic hydroxyl groups excluding tert-OH is 1. The summed E-state index contributed by atoms with van der Waals surface area (Å²) in [5, 5.41) is 8.91. The minimum Gasteiger partial charge on any atom is -0.497 e. The normalized spacial score (nSPS) is 12.5. The van der Waals surface area contributed by atoms with Gasteiger partial charge in [-0.3, -0.25) is 0 Å². The van der Waals surface area contributed by atoms with Gasteiger partial charge in [-0.2, -0.15) is 0 Å². The van der Waals surface area contributed by atoms with Crippen molar-refractivity contribution < 1.29 is 9.84 Å². The number of nitrogens with two attached hydrogens (primary N) is 1. The van der Waals surface area contributed by atoms with Crippen LogP contribution in [0.25, 0.3) is 0 Å². The topological polar surface area (TPSA) is 55.5 Å². The van der Waals surface area contributed by atoms with E-state index in [1.54, 1.807) is 18.9 Å². The van der Waals surface area contributed by atoms with E-state index in [4.69, 9.17) is 15.6 Å². The number of benzene rings is 1. The van der Waals surface area contributed by atoms with E-state index in [0.29, 0.717) is 0 Å². The van der Waals surface area contributed by atoms with Crippen molar-refractivity contribution in [3.8, 4) is 5.75 Å². The summed E-state index contributed by atoms with van der Waals surface area (Å²) < 4.78 is 5.12. The first-order chi connectivity index (χ1) is 7.17. The highest BCUT2D eigenvalue weighted by Gasteiger charge is 2.05. The van der Waals surface area contributed by atoms with Crippen molar-refractivity contribution in [3.63, 3.8) is 0 Å². The van der Waals surface area contributed by atoms with Crippen LogP contribution in [0.1, 0.15) is 6.92 Å². The predicted octanol–water partition coefficient (Wildman–Crippen LogP) is 2.00. The van der Waals surface area contributed by atoms with Crippen LogP contribution in [-0.4, -0.2) is 24.6 Å². The van der Waals surface area contributed by atoms with Crippen molar-refractivity contribution in [3.05, 3.63) is 18.2 Å². The SMILES string of the molecule is COc1ccc(N)c(SCC(C)CO)c1. The third kappa shape index (κ3) is 3.64. The maximum Gasteiger partial charge on any atom is 0.120 e. The molecular formula is C11H17NO2S. The number of aliphatic hydroxyl groups is 1. The van der Waals surface area contributed by atoms with Crippen LogP contribution >= 0.6 is 11.8 Å². The number of nitrogen functional groups attached to an aromatic ring is 1. The molecule has 0 heterocycles. The van der Waals surface area contributed by atoms with Crippen LogP contribution in [0.3, 0.4) is 0 Å². The second-order valence-corrected chi connectivity index (χ2v) is 4.56. The van der Waals surface area contributed by atoms with Crippen LogP contribution in [0.2, 0.25) is 0 Å². The van der Waals surface area contributed by atoms with Gasteiger partial charge in [-0.05, 0) is 24.1 Å². The van der Waals surface area contributed by atoms with Crippen molar-refractivity contribution >= 4 is 17.4 Å². The molecule has 0 saturated heterocycles. The van der Waals surface area contributed by atoms with Crippen molar-refractivity contribution in [1.29, 1.82) is 0 Å². The Morgan fingerprint density at radius 3 is 2.87 bits per heavy atom. The number of methoxy groups -OCH3 is 1. The quantitative estimate of drug-likeness (QED) is 0.596. The van der Waals surface area contributed by atoms with Gasteiger partial charge in [0.15, 0.2) is 0 Å². The Bertz CT molecular complexity index is 317. The van der Waals surface area contributed by atoms with Gasteiger partial charge in [0.2, 0.25) is 0 Å². The molecule has 1 aromatic rings. The Morgan fingerprint density at radius 1 is 1.53 bits per heavy atom. The Balaban J connectivity index is 2.66. The molecule has 1 rings (SSSR count). The fourth-order valence-electron chi connectivity index (χ4n) is 1.05. The molecule has 3 nitrogen and oxygen atoms in total. The van der Waals surface area contributed by atoms with E-state index in [1.165, 1.54) is 0 Å². The second-order valence-electron chi connectivity index (χ2n) is 3.50. The third-order valence-corrected chi connectivity index (χ3v) is 3.46. The van der Waals surface area contributed by atoms with E-state index in [-0.39, 0.29) is 12.5 Å². The first kappa shape index (κ1) is 12.2. The molecule has 0 radical (unpaired) electrons. The van der Waals surface area contributed by atoms with Crippen molar-refractivity contribution in [1.82, 2.24) is 0 Å². The molecule has 0 fully saturated rings. The van der Waals surface area contributed by atoms with Gasteiger partial charge >= 0.3 is 0 Å². The first-order valence-corrected chi connectivity index (χ1v) is 5.83. The highest BCUT2D eigenvalue weighted by Crippen LogP contribution is 2.30. The second kappa shape index (κ2) is 5.88. The summed E-state index contributed by atoms with van der Waals surface area (Å²) in [6.07, 6.45) is 0. The van der Waals surface area contributed by atoms with E-state index in [9.17, 15) is 0 Å². The molecule has 0 spiro atoms. The van der Waals surface area contributed by atoms with Crippen LogP contribution in [0.15, 0.2) is 23.1 Å². The molecule has 0 aromatic heterocycles. The molecule has 15 heavy (non-hydrogen) atoms. The fraction of sp³-hybridized carbons (Fsp3) is 0.455. The molecule has 0 amide bonds. The molecule has 1 aromatic carbocycles. The van der Waals surface area contributed by atoms with Crippen molar-refractivity contribution in [2.45, 2.75) is 11.8 Å². The van der Waals surface area contributed by atoms with E-state index in [0.717, 1.165) is 22.1 Å². The largest absolute Gasteiger partial charge is 0.497 e. The summed E-state index contributed by atoms with van der Waals surface area (Å²) in [5.74, 6) is 1.94. The third-order valence-electron chi connectivity index (χ3n) is 2.06. The van der Waals surface area contributed by atoms with Crippen molar-refractivity contribution in [2.24, 2.45) is 5.92 Å². The van der Waals surface area contributed by atoms with Gasteiger partial charge in [-0.15, -0.1) is 11.8 Å². The molecule has 3 N–H and O–H groups in total. The van der Waals surface area contributed by atoms with Crippen LogP contribution < -0.4 is 10.5 Å². The molecule has 0 aliphatic carbocycles. The van der Waals surface area contributed by atoms with E-state index in [1.807, 2.05) is 25.1 Å². The Kier molecular flexibility index (Phi) is 4.78. The van der Waals surface area contributed by atoms with Crippen molar-refractivity contribution in [2.75, 3.05) is 25.2 Å². The molecule has 0 saturated carbocycles. The smallest absolute Gasteiger partial charge is 0.120 e. The first-order valence-electron chi connectivity index (χ1n) is 4.84. The lowest BCUT2D eigenvalue weighted by Crippen LogP contribution is -2.03. The fourth-order valence-corrected chi connectivity index (χ4v) is 2.06. The average Bonchev–Trinajstić information content (AvgIpc) is 2.27. The number of hydrogen-bond acceptors (Lipinski definition) is 4. The summed E-state index contributed by atoms with van der Waals surface area (Å²) in [6.45, 7) is 2.21. The molecule has 0 aliphatic rings. The summed E-state index contributed by atoms with van der Waals surface area (Å²) in [4.78, 5) is 1.01. The zero-order valence-corrected chi connectivity index (χ0v) is 9.88. The number of hydrogen-bond donors (Lipinski definition) is 2. The van der Waals surface area contributed by atoms with Crippen LogP contribution in [-0.2, 0) is 0 Å². The van der Waals surface area contributed by atoms with E-state index >= 15 is 0 Å². The number of anilines is 1. The van der Waals surface area contributed by atoms with Gasteiger partial charge in [-0.25, -0.2) is 0 Å². The van der Waals surface area contributed by atoms with Gasteiger partial charge < -0.3 is 15.6 Å². The number of thioether (sulfide) groups is 1. The van der Waals surface area contributed by atoms with Gasteiger partial charge in [0, 0.05) is 22.9 Å². The molecule has 84 valence electrons. The lowest BCUT2D eigenvalue weighted by atomic mass is 10.2. The Labute approximate surface area is 94.6 Å². The van der Waals surface area contributed by atoms with E-state index in [2.05, 4.69) is 0 Å². The molecule has 1 unspecified atom stereocenters. The number of ether oxygens (including phenoxy) is 1. The molecule has 1 atom stereocenters. The molecule has 0 bridgehead atoms. The van der Waals surface area contributed by atoms with Gasteiger partial charge in [0.1, 0.15) is 5.75 Å². The highest BCUT2D eigenvalue weighted by molar-refractivity contribution is 7.99. The summed E-state index contributed by atoms with van der Waals surface area (Å²) in [7, 11) is 1.64. The van der Waals surface area contributed by atoms with Crippen LogP contribution in [0.4, 0.5) is 5.69 Å². The number of rotatable bonds is 5. The predicted molar refractivity (Wildman–Crippen MR) is 64.4 cm³/mol. The van der Waals surface area contributed by atoms with Gasteiger partial charge in [0.25, 0.3) is 0 Å². The lowest BCUT2D eigenvalue weighted by molar-refractivity contribution is 0.250. The summed E-state index contributed by atoms with van der Waals surface area (Å²) in [6, 6.07) is 5.60. The van der Waals surface area contributed by atoms with Gasteiger partial charge in [-0.1, -0.05) is 6.92 Å². The molecule has 4 heteroatoms. The molecule has 0 aliphatic heterocycles. The summed E-state index contributed by atoms with van der Waals surface area (Å²) in [5.41, 5.74) is 6.59. The average molecular weight is 227 g/mol. The maximum atomic E-state index is 8.91. The lowest BCUT2D eigenvalue weighted by Gasteiger charge is -2.10. The molecular weight excluding hydrogens is 210 g/mol. The zero-order valence-electron chi connectivity index (χ0n) is 9.06. The van der Waals surface area contributed by atoms with E-state index < -0.39 is 0 Å². The Hall–Kier alpha value is -0.870. The van der Waals surface area contributed by atoms with Crippen LogP contribution in [0, 0.1) is 5.92 Å². The minimum absolute atomic E-state index is 0.205. The monoisotopic (exact) mass is 227 g/mol. The maximum absolute atomic E-state index is 8.91. The minimum atomic E-state index is 0.205. The standard InChI is InChI=1S/C11H17NO2S/c1-8(6-13)7-15-11-5-9(14-2)3-4-10(11)12/h3-5,8,13H,6-7,12H2,1-2H3. The summed E-state index contributed by atoms with van der Waals surface area (Å²) >= 11 is 1.64.